The van der Waals surface area contributed by atoms with E-state index in [4.69, 9.17) is 14.7 Å². The largest absolute Gasteiger partial charge is 0.508 e. The number of anilines is 2. The number of ether oxygens (including phenoxy) is 1. The predicted molar refractivity (Wildman–Crippen MR) is 127 cm³/mol. The average Bonchev–Trinajstić information content (AvgIpc) is 3.22. The summed E-state index contributed by atoms with van der Waals surface area (Å²) in [5.41, 5.74) is 5.28. The number of aromatic hydroxyl groups is 1. The first-order chi connectivity index (χ1) is 15.9. The van der Waals surface area contributed by atoms with Crippen LogP contribution in [0, 0.1) is 0 Å². The van der Waals surface area contributed by atoms with Crippen molar-refractivity contribution < 1.29 is 18.3 Å². The highest BCUT2D eigenvalue weighted by molar-refractivity contribution is 7.92. The Hall–Kier alpha value is -3.17. The number of benzene rings is 2. The topological polar surface area (TPSA) is 105 Å². The molecule has 33 heavy (non-hydrogen) atoms. The van der Waals surface area contributed by atoms with Gasteiger partial charge in [0.25, 0.3) is 0 Å². The van der Waals surface area contributed by atoms with Crippen LogP contribution in [0.3, 0.4) is 0 Å². The van der Waals surface area contributed by atoms with E-state index in [1.54, 1.807) is 18.2 Å². The molecule has 3 aromatic rings. The molecule has 2 N–H and O–H groups in total. The van der Waals surface area contributed by atoms with E-state index >= 15 is 0 Å². The molecule has 8 nitrogen and oxygen atoms in total. The third kappa shape index (κ3) is 4.65. The quantitative estimate of drug-likeness (QED) is 0.595. The minimum atomic E-state index is -3.36. The van der Waals surface area contributed by atoms with Gasteiger partial charge in [0, 0.05) is 35.8 Å². The van der Waals surface area contributed by atoms with Crippen LogP contribution in [0.2, 0.25) is 0 Å². The molecule has 2 heterocycles. The van der Waals surface area contributed by atoms with Gasteiger partial charge in [0.2, 0.25) is 16.0 Å². The monoisotopic (exact) mass is 466 g/mol. The second kappa shape index (κ2) is 8.64. The molecule has 1 saturated heterocycles. The number of sulfonamides is 1. The van der Waals surface area contributed by atoms with Crippen molar-refractivity contribution in [2.45, 2.75) is 18.8 Å². The first-order valence-corrected chi connectivity index (χ1v) is 12.9. The first kappa shape index (κ1) is 21.7. The van der Waals surface area contributed by atoms with Gasteiger partial charge in [0.05, 0.1) is 30.9 Å². The molecule has 2 aromatic carbocycles. The van der Waals surface area contributed by atoms with Gasteiger partial charge < -0.3 is 14.7 Å². The molecule has 1 unspecified atom stereocenters. The summed E-state index contributed by atoms with van der Waals surface area (Å²) in [7, 11) is -3.36. The summed E-state index contributed by atoms with van der Waals surface area (Å²) in [6, 6.07) is 14.7. The van der Waals surface area contributed by atoms with Crippen LogP contribution in [0.5, 0.6) is 5.75 Å². The maximum Gasteiger partial charge on any atom is 0.229 e. The predicted octanol–water partition coefficient (Wildman–Crippen LogP) is 3.14. The highest BCUT2D eigenvalue weighted by Gasteiger charge is 2.31. The van der Waals surface area contributed by atoms with E-state index in [1.165, 1.54) is 0 Å². The molecule has 5 rings (SSSR count). The van der Waals surface area contributed by atoms with Gasteiger partial charge in [-0.1, -0.05) is 24.3 Å². The van der Waals surface area contributed by atoms with Crippen molar-refractivity contribution in [2.24, 2.45) is 0 Å². The van der Waals surface area contributed by atoms with E-state index in [-0.39, 0.29) is 11.7 Å². The molecular formula is C24H26N4O4S. The smallest absolute Gasteiger partial charge is 0.229 e. The molecule has 1 atom stereocenters. The fraction of sp³-hybridized carbons (Fsp3) is 0.333. The number of hydrogen-bond donors (Lipinski definition) is 2. The number of hydrogen-bond acceptors (Lipinski definition) is 7. The lowest BCUT2D eigenvalue weighted by Gasteiger charge is -2.28. The fourth-order valence-electron chi connectivity index (χ4n) is 4.60. The van der Waals surface area contributed by atoms with Crippen molar-refractivity contribution >= 4 is 21.7 Å². The molecule has 2 aliphatic rings. The van der Waals surface area contributed by atoms with Gasteiger partial charge in [-0.15, -0.1) is 0 Å². The molecular weight excluding hydrogens is 440 g/mol. The second-order valence-corrected chi connectivity index (χ2v) is 10.2. The molecule has 0 spiro atoms. The second-order valence-electron chi connectivity index (χ2n) is 8.48. The van der Waals surface area contributed by atoms with Gasteiger partial charge in [-0.25, -0.2) is 18.4 Å². The summed E-state index contributed by atoms with van der Waals surface area (Å²) in [6.07, 6.45) is 2.80. The molecule has 0 bridgehead atoms. The molecule has 172 valence electrons. The molecule has 1 aliphatic carbocycles. The normalized spacial score (nSPS) is 18.2. The van der Waals surface area contributed by atoms with Gasteiger partial charge in [-0.05, 0) is 42.7 Å². The highest BCUT2D eigenvalue weighted by atomic mass is 32.2. The fourth-order valence-corrected chi connectivity index (χ4v) is 5.16. The maximum atomic E-state index is 11.7. The van der Waals surface area contributed by atoms with Gasteiger partial charge in [-0.2, -0.15) is 0 Å². The van der Waals surface area contributed by atoms with Gasteiger partial charge in [0.15, 0.2) is 0 Å². The lowest BCUT2D eigenvalue weighted by molar-refractivity contribution is 0.122. The van der Waals surface area contributed by atoms with Crippen molar-refractivity contribution in [2.75, 3.05) is 42.2 Å². The summed E-state index contributed by atoms with van der Waals surface area (Å²) in [4.78, 5) is 12.1. The van der Waals surface area contributed by atoms with E-state index in [9.17, 15) is 13.5 Å². The Labute approximate surface area is 193 Å². The molecule has 1 aromatic heterocycles. The lowest BCUT2D eigenvalue weighted by Crippen LogP contribution is -2.37. The van der Waals surface area contributed by atoms with Gasteiger partial charge >= 0.3 is 0 Å². The first-order valence-electron chi connectivity index (χ1n) is 11.0. The average molecular weight is 467 g/mol. The third-order valence-electron chi connectivity index (χ3n) is 6.05. The molecule has 0 saturated carbocycles. The van der Waals surface area contributed by atoms with Crippen molar-refractivity contribution in [1.82, 2.24) is 9.97 Å². The Morgan fingerprint density at radius 2 is 1.88 bits per heavy atom. The Balaban J connectivity index is 1.61. The van der Waals surface area contributed by atoms with Crippen molar-refractivity contribution in [3.05, 3.63) is 65.4 Å². The van der Waals surface area contributed by atoms with Crippen molar-refractivity contribution in [3.63, 3.8) is 0 Å². The summed E-state index contributed by atoms with van der Waals surface area (Å²) < 4.78 is 31.5. The van der Waals surface area contributed by atoms with Crippen LogP contribution >= 0.6 is 0 Å². The van der Waals surface area contributed by atoms with Gasteiger partial charge in [-0.3, -0.25) is 4.72 Å². The SMILES string of the molecule is CS(=O)(=O)Nc1cccc(C2CCc3c(-c4cccc(O)c4)nc(N4CCOCC4)nc32)c1. The van der Waals surface area contributed by atoms with Crippen LogP contribution in [-0.4, -0.2) is 56.1 Å². The number of rotatable bonds is 5. The molecule has 0 amide bonds. The molecule has 1 fully saturated rings. The van der Waals surface area contributed by atoms with Crippen LogP contribution < -0.4 is 9.62 Å². The lowest BCUT2D eigenvalue weighted by atomic mass is 9.96. The minimum absolute atomic E-state index is 0.0279. The third-order valence-corrected chi connectivity index (χ3v) is 6.65. The zero-order valence-electron chi connectivity index (χ0n) is 18.4. The van der Waals surface area contributed by atoms with Crippen molar-refractivity contribution in [1.29, 1.82) is 0 Å². The Kier molecular flexibility index (Phi) is 5.67. The Morgan fingerprint density at radius 1 is 1.09 bits per heavy atom. The van der Waals surface area contributed by atoms with E-state index in [2.05, 4.69) is 9.62 Å². The Bertz CT molecular complexity index is 1290. The highest BCUT2D eigenvalue weighted by Crippen LogP contribution is 2.42. The summed E-state index contributed by atoms with van der Waals surface area (Å²) in [6.45, 7) is 2.70. The number of phenols is 1. The minimum Gasteiger partial charge on any atom is -0.508 e. The number of nitrogens with zero attached hydrogens (tertiary/aromatic N) is 3. The number of nitrogens with one attached hydrogen (secondary N) is 1. The zero-order valence-corrected chi connectivity index (χ0v) is 19.2. The van der Waals surface area contributed by atoms with Crippen LogP contribution in [0.25, 0.3) is 11.3 Å². The van der Waals surface area contributed by atoms with E-state index in [0.717, 1.165) is 60.3 Å². The van der Waals surface area contributed by atoms with Crippen LogP contribution in [0.4, 0.5) is 11.6 Å². The zero-order chi connectivity index (χ0) is 23.0. The van der Waals surface area contributed by atoms with E-state index in [1.807, 2.05) is 30.3 Å². The molecule has 0 radical (unpaired) electrons. The van der Waals surface area contributed by atoms with E-state index < -0.39 is 10.0 Å². The number of morpholine rings is 1. The number of aromatic nitrogens is 2. The number of fused-ring (bicyclic) bond motifs is 1. The van der Waals surface area contributed by atoms with Gasteiger partial charge in [0.1, 0.15) is 5.75 Å². The van der Waals surface area contributed by atoms with E-state index in [0.29, 0.717) is 24.8 Å². The van der Waals surface area contributed by atoms with Crippen LogP contribution in [0.15, 0.2) is 48.5 Å². The molecule has 1 aliphatic heterocycles. The maximum absolute atomic E-state index is 11.7. The Morgan fingerprint density at radius 3 is 2.64 bits per heavy atom. The summed E-state index contributed by atoms with van der Waals surface area (Å²) in [5, 5.41) is 10.1. The van der Waals surface area contributed by atoms with Crippen molar-refractivity contribution in [3.8, 4) is 17.0 Å². The number of phenolic OH excluding ortho intramolecular Hbond substituents is 1. The standard InChI is InChI=1S/C24H26N4O4S/c1-33(30,31)27-18-6-2-4-16(14-18)20-8-9-21-22(17-5-3-7-19(29)15-17)25-24(26-23(20)21)28-10-12-32-13-11-28/h2-7,14-15,20,27,29H,8-13H2,1H3. The summed E-state index contributed by atoms with van der Waals surface area (Å²) >= 11 is 0. The van der Waals surface area contributed by atoms with Crippen LogP contribution in [-0.2, 0) is 21.2 Å². The van der Waals surface area contributed by atoms with Crippen LogP contribution in [0.1, 0.15) is 29.2 Å². The summed E-state index contributed by atoms with van der Waals surface area (Å²) in [5.74, 6) is 0.884. The molecule has 9 heteroatoms.